The second-order valence-corrected chi connectivity index (χ2v) is 4.79. The standard InChI is InChI=1S/C17H18N2/c1-13-7-9-15(10-8-13)12-19-17(11-18)16-6-4-3-5-14(16)2/h3-10,17,19H,12H2,1-2H3. The van der Waals surface area contributed by atoms with Crippen LogP contribution in [0, 0.1) is 25.2 Å². The van der Waals surface area contributed by atoms with E-state index in [1.165, 1.54) is 11.1 Å². The van der Waals surface area contributed by atoms with Gasteiger partial charge in [0.05, 0.1) is 6.07 Å². The molecule has 2 heteroatoms. The zero-order valence-corrected chi connectivity index (χ0v) is 11.4. The molecule has 0 amide bonds. The van der Waals surface area contributed by atoms with Gasteiger partial charge in [0.15, 0.2) is 0 Å². The number of nitrogens with one attached hydrogen (secondary N) is 1. The van der Waals surface area contributed by atoms with Crippen molar-refractivity contribution in [2.75, 3.05) is 0 Å². The monoisotopic (exact) mass is 250 g/mol. The van der Waals surface area contributed by atoms with Crippen LogP contribution >= 0.6 is 0 Å². The molecule has 1 unspecified atom stereocenters. The van der Waals surface area contributed by atoms with E-state index in [0.717, 1.165) is 11.1 Å². The van der Waals surface area contributed by atoms with Crippen LogP contribution in [0.5, 0.6) is 0 Å². The number of nitriles is 1. The Labute approximate surface area is 114 Å². The van der Waals surface area contributed by atoms with Crippen molar-refractivity contribution >= 4 is 0 Å². The first-order valence-corrected chi connectivity index (χ1v) is 6.45. The van der Waals surface area contributed by atoms with E-state index in [9.17, 15) is 5.26 Å². The third kappa shape index (κ3) is 3.43. The highest BCUT2D eigenvalue weighted by molar-refractivity contribution is 5.32. The normalized spacial score (nSPS) is 11.8. The number of rotatable bonds is 4. The molecule has 1 atom stereocenters. The topological polar surface area (TPSA) is 35.8 Å². The van der Waals surface area contributed by atoms with Crippen LogP contribution in [0.2, 0.25) is 0 Å². The fraction of sp³-hybridized carbons (Fsp3) is 0.235. The van der Waals surface area contributed by atoms with Crippen LogP contribution < -0.4 is 5.32 Å². The van der Waals surface area contributed by atoms with Crippen molar-refractivity contribution in [3.63, 3.8) is 0 Å². The van der Waals surface area contributed by atoms with Gasteiger partial charge in [0.2, 0.25) is 0 Å². The predicted octanol–water partition coefficient (Wildman–Crippen LogP) is 3.66. The quantitative estimate of drug-likeness (QED) is 0.899. The maximum atomic E-state index is 9.31. The largest absolute Gasteiger partial charge is 0.294 e. The van der Waals surface area contributed by atoms with Crippen molar-refractivity contribution in [2.45, 2.75) is 26.4 Å². The molecule has 1 N–H and O–H groups in total. The molecule has 0 fully saturated rings. The lowest BCUT2D eigenvalue weighted by Crippen LogP contribution is -2.20. The first-order chi connectivity index (χ1) is 9.20. The van der Waals surface area contributed by atoms with E-state index in [4.69, 9.17) is 0 Å². The van der Waals surface area contributed by atoms with Crippen molar-refractivity contribution < 1.29 is 0 Å². The van der Waals surface area contributed by atoms with Crippen LogP contribution in [0.4, 0.5) is 0 Å². The lowest BCUT2D eigenvalue weighted by molar-refractivity contribution is 0.628. The second-order valence-electron chi connectivity index (χ2n) is 4.79. The Kier molecular flexibility index (Phi) is 4.33. The van der Waals surface area contributed by atoms with E-state index in [2.05, 4.69) is 42.6 Å². The highest BCUT2D eigenvalue weighted by Crippen LogP contribution is 2.17. The van der Waals surface area contributed by atoms with E-state index < -0.39 is 0 Å². The Hall–Kier alpha value is -2.11. The maximum absolute atomic E-state index is 9.31. The zero-order chi connectivity index (χ0) is 13.7. The van der Waals surface area contributed by atoms with Gasteiger partial charge in [0.25, 0.3) is 0 Å². The molecule has 0 aliphatic carbocycles. The molecule has 2 rings (SSSR count). The molecular weight excluding hydrogens is 232 g/mol. The smallest absolute Gasteiger partial charge is 0.121 e. The van der Waals surface area contributed by atoms with Gasteiger partial charge < -0.3 is 0 Å². The van der Waals surface area contributed by atoms with E-state index in [1.807, 2.05) is 31.2 Å². The van der Waals surface area contributed by atoms with Crippen LogP contribution in [0.1, 0.15) is 28.3 Å². The summed E-state index contributed by atoms with van der Waals surface area (Å²) in [5.74, 6) is 0. The Morgan fingerprint density at radius 1 is 1.05 bits per heavy atom. The number of benzene rings is 2. The molecule has 96 valence electrons. The van der Waals surface area contributed by atoms with Gasteiger partial charge in [0.1, 0.15) is 6.04 Å². The maximum Gasteiger partial charge on any atom is 0.121 e. The van der Waals surface area contributed by atoms with Gasteiger partial charge in [-0.05, 0) is 30.5 Å². The molecular formula is C17H18N2. The summed E-state index contributed by atoms with van der Waals surface area (Å²) in [6.07, 6.45) is 0. The van der Waals surface area contributed by atoms with Crippen molar-refractivity contribution in [3.8, 4) is 6.07 Å². The number of hydrogen-bond acceptors (Lipinski definition) is 2. The summed E-state index contributed by atoms with van der Waals surface area (Å²) in [7, 11) is 0. The molecule has 0 saturated heterocycles. The second kappa shape index (κ2) is 6.17. The van der Waals surface area contributed by atoms with Gasteiger partial charge in [-0.3, -0.25) is 5.32 Å². The molecule has 0 bridgehead atoms. The van der Waals surface area contributed by atoms with E-state index in [1.54, 1.807) is 0 Å². The number of nitrogens with zero attached hydrogens (tertiary/aromatic N) is 1. The van der Waals surface area contributed by atoms with Crippen LogP contribution in [-0.4, -0.2) is 0 Å². The minimum absolute atomic E-state index is 0.262. The Morgan fingerprint density at radius 3 is 2.37 bits per heavy atom. The van der Waals surface area contributed by atoms with Gasteiger partial charge in [-0.1, -0.05) is 54.1 Å². The summed E-state index contributed by atoms with van der Waals surface area (Å²) >= 11 is 0. The summed E-state index contributed by atoms with van der Waals surface area (Å²) in [4.78, 5) is 0. The van der Waals surface area contributed by atoms with Gasteiger partial charge in [-0.25, -0.2) is 0 Å². The van der Waals surface area contributed by atoms with Gasteiger partial charge in [0, 0.05) is 6.54 Å². The van der Waals surface area contributed by atoms with Crippen LogP contribution in [0.15, 0.2) is 48.5 Å². The third-order valence-corrected chi connectivity index (χ3v) is 3.26. The van der Waals surface area contributed by atoms with Gasteiger partial charge in [-0.2, -0.15) is 5.26 Å². The predicted molar refractivity (Wildman–Crippen MR) is 77.6 cm³/mol. The molecule has 0 aliphatic heterocycles. The summed E-state index contributed by atoms with van der Waals surface area (Å²) in [6, 6.07) is 18.4. The van der Waals surface area contributed by atoms with Crippen LogP contribution in [0.3, 0.4) is 0 Å². The summed E-state index contributed by atoms with van der Waals surface area (Å²) in [5.41, 5.74) is 4.64. The van der Waals surface area contributed by atoms with Crippen LogP contribution in [-0.2, 0) is 6.54 Å². The van der Waals surface area contributed by atoms with E-state index in [-0.39, 0.29) is 6.04 Å². The van der Waals surface area contributed by atoms with Crippen LogP contribution in [0.25, 0.3) is 0 Å². The van der Waals surface area contributed by atoms with E-state index in [0.29, 0.717) is 6.54 Å². The molecule has 2 aromatic rings. The molecule has 0 radical (unpaired) electrons. The fourth-order valence-corrected chi connectivity index (χ4v) is 2.06. The third-order valence-electron chi connectivity index (χ3n) is 3.26. The highest BCUT2D eigenvalue weighted by atomic mass is 14.9. The highest BCUT2D eigenvalue weighted by Gasteiger charge is 2.11. The first kappa shape index (κ1) is 13.3. The zero-order valence-electron chi connectivity index (χ0n) is 11.4. The lowest BCUT2D eigenvalue weighted by Gasteiger charge is -2.14. The Bertz CT molecular complexity index is 579. The minimum Gasteiger partial charge on any atom is -0.294 e. The molecule has 0 saturated carbocycles. The SMILES string of the molecule is Cc1ccc(CNC(C#N)c2ccccc2C)cc1. The number of hydrogen-bond donors (Lipinski definition) is 1. The average molecular weight is 250 g/mol. The molecule has 0 aliphatic rings. The molecule has 2 aromatic carbocycles. The van der Waals surface area contributed by atoms with Crippen molar-refractivity contribution in [1.82, 2.24) is 5.32 Å². The van der Waals surface area contributed by atoms with E-state index >= 15 is 0 Å². The molecule has 0 aromatic heterocycles. The van der Waals surface area contributed by atoms with Gasteiger partial charge in [-0.15, -0.1) is 0 Å². The molecule has 0 spiro atoms. The Balaban J connectivity index is 2.07. The lowest BCUT2D eigenvalue weighted by atomic mass is 10.0. The van der Waals surface area contributed by atoms with Crippen molar-refractivity contribution in [2.24, 2.45) is 0 Å². The average Bonchev–Trinajstić information content (AvgIpc) is 2.43. The fourth-order valence-electron chi connectivity index (χ4n) is 2.06. The summed E-state index contributed by atoms with van der Waals surface area (Å²) in [5, 5.41) is 12.6. The molecule has 0 heterocycles. The summed E-state index contributed by atoms with van der Waals surface area (Å²) in [6.45, 7) is 4.81. The summed E-state index contributed by atoms with van der Waals surface area (Å²) < 4.78 is 0. The van der Waals surface area contributed by atoms with Crippen molar-refractivity contribution in [3.05, 3.63) is 70.8 Å². The Morgan fingerprint density at radius 2 is 1.74 bits per heavy atom. The minimum atomic E-state index is -0.262. The number of aryl methyl sites for hydroxylation is 2. The first-order valence-electron chi connectivity index (χ1n) is 6.45. The molecule has 2 nitrogen and oxygen atoms in total. The van der Waals surface area contributed by atoms with Crippen molar-refractivity contribution in [1.29, 1.82) is 5.26 Å². The molecule has 19 heavy (non-hydrogen) atoms. The van der Waals surface area contributed by atoms with Gasteiger partial charge >= 0.3 is 0 Å².